The van der Waals surface area contributed by atoms with Crippen molar-refractivity contribution in [3.8, 4) is 11.5 Å². The van der Waals surface area contributed by atoms with Crippen LogP contribution < -0.4 is 14.8 Å². The second-order valence-electron chi connectivity index (χ2n) is 7.97. The normalized spacial score (nSPS) is 14.2. The largest absolute Gasteiger partial charge is 0.492 e. The summed E-state index contributed by atoms with van der Waals surface area (Å²) < 4.78 is 16.8. The van der Waals surface area contributed by atoms with Gasteiger partial charge in [0.1, 0.15) is 18.1 Å². The van der Waals surface area contributed by atoms with Crippen LogP contribution in [0.3, 0.4) is 0 Å². The van der Waals surface area contributed by atoms with E-state index in [4.69, 9.17) is 14.2 Å². The summed E-state index contributed by atoms with van der Waals surface area (Å²) in [7, 11) is 2.13. The van der Waals surface area contributed by atoms with Crippen LogP contribution in [0.1, 0.15) is 35.7 Å². The quantitative estimate of drug-likeness (QED) is 0.541. The number of nitrogens with one attached hydrogen (secondary N) is 1. The first kappa shape index (κ1) is 23.8. The van der Waals surface area contributed by atoms with Crippen molar-refractivity contribution in [1.29, 1.82) is 0 Å². The average Bonchev–Trinajstić information content (AvgIpc) is 2.82. The maximum Gasteiger partial charge on any atom is 0.258 e. The summed E-state index contributed by atoms with van der Waals surface area (Å²) in [4.78, 5) is 25.9. The van der Waals surface area contributed by atoms with Crippen molar-refractivity contribution in [3.63, 3.8) is 0 Å². The van der Waals surface area contributed by atoms with E-state index in [1.807, 2.05) is 24.3 Å². The summed E-state index contributed by atoms with van der Waals surface area (Å²) in [5.74, 6) is 1.00. The molecule has 0 saturated carbocycles. The molecule has 1 aliphatic rings. The predicted molar refractivity (Wildman–Crippen MR) is 122 cm³/mol. The number of hydrogen-bond acceptors (Lipinski definition) is 6. The van der Waals surface area contributed by atoms with Crippen molar-refractivity contribution < 1.29 is 23.8 Å². The summed E-state index contributed by atoms with van der Waals surface area (Å²) in [5.41, 5.74) is 1.51. The van der Waals surface area contributed by atoms with Crippen LogP contribution in [0, 0.1) is 0 Å². The highest BCUT2D eigenvalue weighted by molar-refractivity contribution is 5.94. The first-order valence-electron chi connectivity index (χ1n) is 11.0. The molecular formula is C25H32N2O5. The standard InChI is InChI=1S/C25H32N2O5/c1-19(28)21-6-4-8-24(16-21)32-18-25(29)26-17-20-5-3-7-23(15-20)31-14-11-27(2)22-9-12-30-13-10-22/h3-8,15-16,22H,9-14,17-18H2,1-2H3,(H,26,29). The fourth-order valence-electron chi connectivity index (χ4n) is 3.57. The number of likely N-dealkylation sites (N-methyl/N-ethyl adjacent to an activating group) is 1. The Kier molecular flexibility index (Phi) is 9.07. The summed E-state index contributed by atoms with van der Waals surface area (Å²) in [5, 5.41) is 2.84. The summed E-state index contributed by atoms with van der Waals surface area (Å²) in [6, 6.07) is 15.1. The third kappa shape index (κ3) is 7.66. The van der Waals surface area contributed by atoms with Crippen molar-refractivity contribution in [2.45, 2.75) is 32.4 Å². The molecule has 0 aromatic heterocycles. The molecule has 1 amide bonds. The van der Waals surface area contributed by atoms with Gasteiger partial charge in [-0.25, -0.2) is 0 Å². The molecule has 2 aromatic rings. The van der Waals surface area contributed by atoms with Gasteiger partial charge in [0.25, 0.3) is 5.91 Å². The van der Waals surface area contributed by atoms with E-state index < -0.39 is 0 Å². The molecule has 0 unspecified atom stereocenters. The van der Waals surface area contributed by atoms with Gasteiger partial charge in [-0.3, -0.25) is 14.5 Å². The van der Waals surface area contributed by atoms with E-state index in [1.54, 1.807) is 24.3 Å². The first-order chi connectivity index (χ1) is 15.5. The van der Waals surface area contributed by atoms with E-state index in [9.17, 15) is 9.59 Å². The maximum absolute atomic E-state index is 12.1. The Bertz CT molecular complexity index is 895. The number of rotatable bonds is 11. The first-order valence-corrected chi connectivity index (χ1v) is 11.0. The van der Waals surface area contributed by atoms with Crippen LogP contribution in [0.5, 0.6) is 11.5 Å². The molecule has 3 rings (SSSR count). The molecule has 7 nitrogen and oxygen atoms in total. The minimum Gasteiger partial charge on any atom is -0.492 e. The van der Waals surface area contributed by atoms with Crippen LogP contribution in [0.15, 0.2) is 48.5 Å². The Morgan fingerprint density at radius 1 is 1.06 bits per heavy atom. The second-order valence-corrected chi connectivity index (χ2v) is 7.97. The zero-order valence-electron chi connectivity index (χ0n) is 18.8. The van der Waals surface area contributed by atoms with Gasteiger partial charge in [0, 0.05) is 37.9 Å². The number of amides is 1. The van der Waals surface area contributed by atoms with Crippen molar-refractivity contribution >= 4 is 11.7 Å². The molecule has 0 radical (unpaired) electrons. The number of ether oxygens (including phenoxy) is 3. The minimum absolute atomic E-state index is 0.0442. The summed E-state index contributed by atoms with van der Waals surface area (Å²) in [6.07, 6.45) is 2.13. The number of ketones is 1. The van der Waals surface area contributed by atoms with E-state index in [2.05, 4.69) is 17.3 Å². The molecule has 1 heterocycles. The third-order valence-corrected chi connectivity index (χ3v) is 5.53. The van der Waals surface area contributed by atoms with E-state index in [0.29, 0.717) is 30.5 Å². The molecule has 2 aromatic carbocycles. The van der Waals surface area contributed by atoms with E-state index >= 15 is 0 Å². The molecule has 0 bridgehead atoms. The van der Waals surface area contributed by atoms with Gasteiger partial charge >= 0.3 is 0 Å². The molecule has 1 N–H and O–H groups in total. The summed E-state index contributed by atoms with van der Waals surface area (Å²) >= 11 is 0. The zero-order chi connectivity index (χ0) is 22.8. The number of carbonyl (C=O) groups is 2. The van der Waals surface area contributed by atoms with Gasteiger partial charge in [0.05, 0.1) is 0 Å². The number of nitrogens with zero attached hydrogens (tertiary/aromatic N) is 1. The van der Waals surface area contributed by atoms with Gasteiger partial charge in [-0.15, -0.1) is 0 Å². The van der Waals surface area contributed by atoms with Gasteiger partial charge in [0.2, 0.25) is 0 Å². The second kappa shape index (κ2) is 12.2. The monoisotopic (exact) mass is 440 g/mol. The van der Waals surface area contributed by atoms with Gasteiger partial charge in [-0.1, -0.05) is 24.3 Å². The highest BCUT2D eigenvalue weighted by atomic mass is 16.5. The van der Waals surface area contributed by atoms with Crippen LogP contribution in [-0.4, -0.2) is 62.7 Å². The smallest absolute Gasteiger partial charge is 0.258 e. The van der Waals surface area contributed by atoms with Crippen molar-refractivity contribution in [2.24, 2.45) is 0 Å². The highest BCUT2D eigenvalue weighted by Gasteiger charge is 2.18. The summed E-state index contributed by atoms with van der Waals surface area (Å²) in [6.45, 7) is 4.89. The Morgan fingerprint density at radius 3 is 2.53 bits per heavy atom. The van der Waals surface area contributed by atoms with Gasteiger partial charge < -0.3 is 19.5 Å². The van der Waals surface area contributed by atoms with Crippen LogP contribution in [-0.2, 0) is 16.1 Å². The lowest BCUT2D eigenvalue weighted by Crippen LogP contribution is -2.38. The molecule has 7 heteroatoms. The van der Waals surface area contributed by atoms with E-state index in [0.717, 1.165) is 43.9 Å². The van der Waals surface area contributed by atoms with Crippen molar-refractivity contribution in [2.75, 3.05) is 40.0 Å². The van der Waals surface area contributed by atoms with Gasteiger partial charge in [-0.05, 0) is 56.6 Å². The number of hydrogen-bond donors (Lipinski definition) is 1. The van der Waals surface area contributed by atoms with Crippen LogP contribution in [0.2, 0.25) is 0 Å². The molecule has 1 fully saturated rings. The van der Waals surface area contributed by atoms with Gasteiger partial charge in [0.15, 0.2) is 12.4 Å². The van der Waals surface area contributed by atoms with Gasteiger partial charge in [-0.2, -0.15) is 0 Å². The molecule has 1 saturated heterocycles. The molecule has 0 spiro atoms. The molecule has 1 aliphatic heterocycles. The minimum atomic E-state index is -0.234. The Morgan fingerprint density at radius 2 is 1.78 bits per heavy atom. The zero-order valence-corrected chi connectivity index (χ0v) is 18.8. The Balaban J connectivity index is 1.39. The molecule has 172 valence electrons. The molecule has 0 atom stereocenters. The fourth-order valence-corrected chi connectivity index (χ4v) is 3.57. The van der Waals surface area contributed by atoms with E-state index in [-0.39, 0.29) is 18.3 Å². The molecule has 32 heavy (non-hydrogen) atoms. The fraction of sp³-hybridized carbons (Fsp3) is 0.440. The SMILES string of the molecule is CC(=O)c1cccc(OCC(=O)NCc2cccc(OCCN(C)C3CCOCC3)c2)c1. The Hall–Kier alpha value is -2.90. The van der Waals surface area contributed by atoms with Crippen LogP contribution >= 0.6 is 0 Å². The molecular weight excluding hydrogens is 408 g/mol. The van der Waals surface area contributed by atoms with Crippen molar-refractivity contribution in [1.82, 2.24) is 10.2 Å². The lowest BCUT2D eigenvalue weighted by atomic mass is 10.1. The maximum atomic E-state index is 12.1. The molecule has 0 aliphatic carbocycles. The van der Waals surface area contributed by atoms with E-state index in [1.165, 1.54) is 6.92 Å². The number of carbonyl (C=O) groups excluding carboxylic acids is 2. The van der Waals surface area contributed by atoms with Crippen molar-refractivity contribution in [3.05, 3.63) is 59.7 Å². The lowest BCUT2D eigenvalue weighted by molar-refractivity contribution is -0.123. The Labute approximate surface area is 189 Å². The number of Topliss-reactive ketones (excluding diaryl/α,β-unsaturated/α-hetero) is 1. The predicted octanol–water partition coefficient (Wildman–Crippen LogP) is 3.07. The highest BCUT2D eigenvalue weighted by Crippen LogP contribution is 2.16. The van der Waals surface area contributed by atoms with Crippen LogP contribution in [0.4, 0.5) is 0 Å². The topological polar surface area (TPSA) is 77.1 Å². The average molecular weight is 441 g/mol. The lowest BCUT2D eigenvalue weighted by Gasteiger charge is -2.31. The van der Waals surface area contributed by atoms with Crippen LogP contribution in [0.25, 0.3) is 0 Å². The number of benzene rings is 2. The third-order valence-electron chi connectivity index (χ3n) is 5.53.